The molecule has 0 aromatic heterocycles. The van der Waals surface area contributed by atoms with Crippen LogP contribution in [0.3, 0.4) is 0 Å². The number of hydrogen-bond donors (Lipinski definition) is 2. The number of hydrogen-bond acceptors (Lipinski definition) is 3. The van der Waals surface area contributed by atoms with Crippen LogP contribution in [0.2, 0.25) is 0 Å². The van der Waals surface area contributed by atoms with Gasteiger partial charge in [0.05, 0.1) is 17.5 Å². The smallest absolute Gasteiger partial charge is 0.0919 e. The van der Waals surface area contributed by atoms with E-state index in [-0.39, 0.29) is 5.54 Å². The Morgan fingerprint density at radius 3 is 2.50 bits per heavy atom. The van der Waals surface area contributed by atoms with Crippen molar-refractivity contribution >= 4 is 11.9 Å². The van der Waals surface area contributed by atoms with E-state index in [2.05, 4.69) is 10.5 Å². The van der Waals surface area contributed by atoms with Crippen molar-refractivity contribution in [1.29, 1.82) is 5.41 Å². The highest BCUT2D eigenvalue weighted by molar-refractivity contribution is 6.34. The number of nitrogens with zero attached hydrogens (tertiary/aromatic N) is 1. The lowest BCUT2D eigenvalue weighted by Crippen LogP contribution is -2.38. The van der Waals surface area contributed by atoms with Crippen LogP contribution in [0.15, 0.2) is 5.10 Å². The van der Waals surface area contributed by atoms with Crippen LogP contribution in [-0.4, -0.2) is 17.5 Å². The van der Waals surface area contributed by atoms with Gasteiger partial charge < -0.3 is 5.41 Å². The van der Waals surface area contributed by atoms with Crippen molar-refractivity contribution in [2.75, 3.05) is 0 Å². The zero-order chi connectivity index (χ0) is 6.20. The predicted molar refractivity (Wildman–Crippen MR) is 33.4 cm³/mol. The molecule has 0 aromatic rings. The molecule has 8 heavy (non-hydrogen) atoms. The predicted octanol–water partition coefficient (Wildman–Crippen LogP) is 0.374. The van der Waals surface area contributed by atoms with Gasteiger partial charge in [-0.25, -0.2) is 0 Å². The first kappa shape index (κ1) is 5.28. The van der Waals surface area contributed by atoms with Gasteiger partial charge in [0.1, 0.15) is 0 Å². The molecule has 0 saturated carbocycles. The van der Waals surface area contributed by atoms with Crippen molar-refractivity contribution < 1.29 is 0 Å². The Hall–Kier alpha value is -0.860. The van der Waals surface area contributed by atoms with E-state index < -0.39 is 0 Å². The molecule has 0 spiro atoms. The fraction of sp³-hybridized carbons (Fsp3) is 0.600. The lowest BCUT2D eigenvalue weighted by Gasteiger charge is -2.15. The van der Waals surface area contributed by atoms with Gasteiger partial charge in [0.2, 0.25) is 0 Å². The van der Waals surface area contributed by atoms with Gasteiger partial charge in [-0.2, -0.15) is 5.10 Å². The summed E-state index contributed by atoms with van der Waals surface area (Å²) in [7, 11) is 0. The van der Waals surface area contributed by atoms with E-state index in [1.54, 1.807) is 0 Å². The fourth-order valence-electron chi connectivity index (χ4n) is 0.480. The van der Waals surface area contributed by atoms with Gasteiger partial charge in [0.25, 0.3) is 0 Å². The average molecular weight is 111 g/mol. The van der Waals surface area contributed by atoms with Crippen molar-refractivity contribution in [1.82, 2.24) is 5.43 Å². The minimum Gasteiger partial charge on any atom is -0.301 e. The molecule has 0 atom stereocenters. The molecule has 0 saturated heterocycles. The molecule has 0 bridgehead atoms. The maximum Gasteiger partial charge on any atom is 0.0919 e. The second kappa shape index (κ2) is 1.31. The molecule has 0 amide bonds. The molecule has 44 valence electrons. The summed E-state index contributed by atoms with van der Waals surface area (Å²) >= 11 is 0. The highest BCUT2D eigenvalue weighted by atomic mass is 15.3. The molecule has 0 aromatic carbocycles. The van der Waals surface area contributed by atoms with Crippen molar-refractivity contribution in [3.63, 3.8) is 0 Å². The molecule has 1 aliphatic rings. The third-order valence-electron chi connectivity index (χ3n) is 1.21. The fourth-order valence-corrected chi connectivity index (χ4v) is 0.480. The summed E-state index contributed by atoms with van der Waals surface area (Å²) in [5.74, 6) is 0. The van der Waals surface area contributed by atoms with E-state index in [0.29, 0.717) is 5.71 Å². The zero-order valence-electron chi connectivity index (χ0n) is 5.02. The molecule has 3 nitrogen and oxygen atoms in total. The van der Waals surface area contributed by atoms with Crippen LogP contribution in [0.5, 0.6) is 0 Å². The van der Waals surface area contributed by atoms with E-state index in [0.717, 1.165) is 0 Å². The topological polar surface area (TPSA) is 48.2 Å². The van der Waals surface area contributed by atoms with Gasteiger partial charge in [-0.05, 0) is 13.8 Å². The van der Waals surface area contributed by atoms with Gasteiger partial charge in [-0.1, -0.05) is 0 Å². The first-order valence-corrected chi connectivity index (χ1v) is 2.52. The molecule has 2 N–H and O–H groups in total. The summed E-state index contributed by atoms with van der Waals surface area (Å²) in [6.07, 6.45) is 1.53. The third-order valence-corrected chi connectivity index (χ3v) is 1.21. The lowest BCUT2D eigenvalue weighted by molar-refractivity contribution is 0.547. The molecule has 0 fully saturated rings. The highest BCUT2D eigenvalue weighted by Gasteiger charge is 2.25. The Balaban J connectivity index is 2.79. The molecular weight excluding hydrogens is 102 g/mol. The first-order chi connectivity index (χ1) is 3.63. The van der Waals surface area contributed by atoms with Gasteiger partial charge in [0, 0.05) is 0 Å². The molecule has 0 radical (unpaired) electrons. The Labute approximate surface area is 48.3 Å². The first-order valence-electron chi connectivity index (χ1n) is 2.52. The van der Waals surface area contributed by atoms with E-state index in [1.807, 2.05) is 13.8 Å². The van der Waals surface area contributed by atoms with Crippen LogP contribution in [-0.2, 0) is 0 Å². The monoisotopic (exact) mass is 111 g/mol. The summed E-state index contributed by atoms with van der Waals surface area (Å²) in [4.78, 5) is 0. The van der Waals surface area contributed by atoms with Crippen LogP contribution < -0.4 is 5.43 Å². The second-order valence-electron chi connectivity index (χ2n) is 2.41. The normalized spacial score (nSPS) is 23.5. The molecule has 0 aliphatic carbocycles. The Morgan fingerprint density at radius 2 is 2.38 bits per heavy atom. The van der Waals surface area contributed by atoms with Crippen molar-refractivity contribution in [3.05, 3.63) is 0 Å². The van der Waals surface area contributed by atoms with E-state index in [4.69, 9.17) is 5.41 Å². The van der Waals surface area contributed by atoms with Crippen LogP contribution in [0.1, 0.15) is 13.8 Å². The number of nitrogens with one attached hydrogen (secondary N) is 2. The maximum absolute atomic E-state index is 7.24. The summed E-state index contributed by atoms with van der Waals surface area (Å²) in [6.45, 7) is 3.84. The van der Waals surface area contributed by atoms with Crippen LogP contribution in [0, 0.1) is 5.41 Å². The SMILES string of the molecule is CC1(C)NN=CC1=N. The lowest BCUT2D eigenvalue weighted by atomic mass is 10.0. The highest BCUT2D eigenvalue weighted by Crippen LogP contribution is 2.06. The Kier molecular flexibility index (Phi) is 0.863. The summed E-state index contributed by atoms with van der Waals surface area (Å²) in [5, 5.41) is 11.0. The quantitative estimate of drug-likeness (QED) is 0.466. The van der Waals surface area contributed by atoms with Crippen LogP contribution in [0.25, 0.3) is 0 Å². The standard InChI is InChI=1S/C5H9N3/c1-5(2)4(6)3-7-8-5/h3,6,8H,1-2H3. The minimum atomic E-state index is -0.236. The van der Waals surface area contributed by atoms with Crippen molar-refractivity contribution in [2.45, 2.75) is 19.4 Å². The van der Waals surface area contributed by atoms with Crippen LogP contribution >= 0.6 is 0 Å². The van der Waals surface area contributed by atoms with Crippen molar-refractivity contribution in [3.8, 4) is 0 Å². The molecule has 0 unspecified atom stereocenters. The van der Waals surface area contributed by atoms with E-state index >= 15 is 0 Å². The third kappa shape index (κ3) is 0.598. The number of rotatable bonds is 0. The van der Waals surface area contributed by atoms with Gasteiger partial charge in [0.15, 0.2) is 0 Å². The van der Waals surface area contributed by atoms with Crippen molar-refractivity contribution in [2.24, 2.45) is 5.10 Å². The average Bonchev–Trinajstić information content (AvgIpc) is 1.86. The molecule has 1 rings (SSSR count). The second-order valence-corrected chi connectivity index (χ2v) is 2.41. The number of hydrazone groups is 1. The molecule has 1 heterocycles. The maximum atomic E-state index is 7.24. The zero-order valence-corrected chi connectivity index (χ0v) is 5.02. The van der Waals surface area contributed by atoms with Gasteiger partial charge in [-0.15, -0.1) is 0 Å². The summed E-state index contributed by atoms with van der Waals surface area (Å²) < 4.78 is 0. The Morgan fingerprint density at radius 1 is 1.75 bits per heavy atom. The van der Waals surface area contributed by atoms with Crippen LogP contribution in [0.4, 0.5) is 0 Å². The molecule has 1 aliphatic heterocycles. The van der Waals surface area contributed by atoms with E-state index in [9.17, 15) is 0 Å². The molecule has 3 heteroatoms. The molecular formula is C5H9N3. The van der Waals surface area contributed by atoms with E-state index in [1.165, 1.54) is 6.21 Å². The summed E-state index contributed by atoms with van der Waals surface area (Å²) in [6, 6.07) is 0. The summed E-state index contributed by atoms with van der Waals surface area (Å²) in [5.41, 5.74) is 3.09. The minimum absolute atomic E-state index is 0.236. The van der Waals surface area contributed by atoms with Gasteiger partial charge in [-0.3, -0.25) is 5.43 Å². The van der Waals surface area contributed by atoms with Gasteiger partial charge >= 0.3 is 0 Å². The largest absolute Gasteiger partial charge is 0.301 e. The Bertz CT molecular complexity index is 146.